The van der Waals surface area contributed by atoms with E-state index in [1.165, 1.54) is 0 Å². The summed E-state index contributed by atoms with van der Waals surface area (Å²) in [4.78, 5) is 36.9. The van der Waals surface area contributed by atoms with Crippen LogP contribution in [0.15, 0.2) is 73.0 Å². The number of ketones is 1. The Labute approximate surface area is 221 Å². The number of hydrogen-bond donors (Lipinski definition) is 1. The summed E-state index contributed by atoms with van der Waals surface area (Å²) in [7, 11) is 0. The van der Waals surface area contributed by atoms with E-state index in [0.717, 1.165) is 24.2 Å². The molecule has 1 amide bonds. The molecule has 1 atom stereocenters. The number of fused-ring (bicyclic) bond motifs is 1. The van der Waals surface area contributed by atoms with Crippen molar-refractivity contribution < 1.29 is 19.4 Å². The predicted octanol–water partition coefficient (Wildman–Crippen LogP) is 4.53. The summed E-state index contributed by atoms with van der Waals surface area (Å²) in [6, 6.07) is 12.2. The Morgan fingerprint density at radius 3 is 2.61 bits per heavy atom. The monoisotopic (exact) mass is 513 g/mol. The van der Waals surface area contributed by atoms with E-state index in [0.29, 0.717) is 43.2 Å². The number of rotatable bonds is 10. The van der Waals surface area contributed by atoms with Crippen molar-refractivity contribution in [1.29, 1.82) is 0 Å². The zero-order valence-electron chi connectivity index (χ0n) is 21.6. The van der Waals surface area contributed by atoms with E-state index in [-0.39, 0.29) is 11.3 Å². The van der Waals surface area contributed by atoms with Crippen LogP contribution in [0.4, 0.5) is 0 Å². The van der Waals surface area contributed by atoms with E-state index in [1.807, 2.05) is 53.2 Å². The summed E-state index contributed by atoms with van der Waals surface area (Å²) in [5.74, 6) is -0.845. The van der Waals surface area contributed by atoms with Crippen molar-refractivity contribution in [2.24, 2.45) is 0 Å². The second-order valence-corrected chi connectivity index (χ2v) is 9.39. The fourth-order valence-electron chi connectivity index (χ4n) is 4.91. The second kappa shape index (κ2) is 10.9. The molecule has 1 aliphatic rings. The maximum absolute atomic E-state index is 13.4. The smallest absolute Gasteiger partial charge is 0.295 e. The Balaban J connectivity index is 1.54. The van der Waals surface area contributed by atoms with E-state index in [4.69, 9.17) is 4.74 Å². The van der Waals surface area contributed by atoms with Gasteiger partial charge < -0.3 is 19.3 Å². The third kappa shape index (κ3) is 4.79. The molecule has 0 radical (unpaired) electrons. The molecule has 196 valence electrons. The quantitative estimate of drug-likeness (QED) is 0.145. The van der Waals surface area contributed by atoms with Crippen molar-refractivity contribution in [1.82, 2.24) is 23.8 Å². The van der Waals surface area contributed by atoms with Crippen LogP contribution in [0.1, 0.15) is 49.2 Å². The number of unbranched alkanes of at least 4 members (excludes halogenated alkanes) is 1. The fourth-order valence-corrected chi connectivity index (χ4v) is 4.91. The van der Waals surface area contributed by atoms with Crippen molar-refractivity contribution in [3.05, 3.63) is 89.9 Å². The normalized spacial score (nSPS) is 17.0. The Bertz CT molecular complexity index is 1470. The second-order valence-electron chi connectivity index (χ2n) is 9.39. The molecule has 3 aromatic heterocycles. The molecule has 1 fully saturated rings. The number of benzene rings is 1. The first kappa shape index (κ1) is 25.3. The van der Waals surface area contributed by atoms with Gasteiger partial charge in [0, 0.05) is 31.7 Å². The third-order valence-electron chi connectivity index (χ3n) is 6.81. The van der Waals surface area contributed by atoms with Crippen molar-refractivity contribution in [3.63, 3.8) is 0 Å². The molecule has 1 saturated heterocycles. The number of likely N-dealkylation sites (tertiary alicyclic amines) is 1. The molecule has 4 heterocycles. The average Bonchev–Trinajstić information content (AvgIpc) is 3.62. The predicted molar refractivity (Wildman–Crippen MR) is 143 cm³/mol. The molecular weight excluding hydrogens is 482 g/mol. The summed E-state index contributed by atoms with van der Waals surface area (Å²) in [5, 5.41) is 11.6. The molecule has 5 rings (SSSR count). The highest BCUT2D eigenvalue weighted by molar-refractivity contribution is 6.46. The number of imidazole rings is 2. The molecule has 1 unspecified atom stereocenters. The first-order valence-electron chi connectivity index (χ1n) is 12.9. The third-order valence-corrected chi connectivity index (χ3v) is 6.81. The number of nitrogens with zero attached hydrogens (tertiary/aromatic N) is 5. The number of Topliss-reactive ketones (excluding diaryl/α,β-unsaturated/α-hetero) is 1. The number of hydrogen-bond acceptors (Lipinski definition) is 6. The van der Waals surface area contributed by atoms with Crippen LogP contribution in [-0.4, -0.2) is 53.8 Å². The van der Waals surface area contributed by atoms with Crippen LogP contribution in [0.3, 0.4) is 0 Å². The minimum Gasteiger partial charge on any atom is -0.505 e. The van der Waals surface area contributed by atoms with Gasteiger partial charge in [-0.1, -0.05) is 31.5 Å². The number of aromatic nitrogens is 4. The van der Waals surface area contributed by atoms with E-state index in [9.17, 15) is 14.7 Å². The first-order valence-corrected chi connectivity index (χ1v) is 12.9. The summed E-state index contributed by atoms with van der Waals surface area (Å²) in [6.07, 6.45) is 9.67. The number of pyridine rings is 1. The van der Waals surface area contributed by atoms with Crippen molar-refractivity contribution in [3.8, 4) is 5.75 Å². The van der Waals surface area contributed by atoms with E-state index >= 15 is 0 Å². The molecule has 0 spiro atoms. The fraction of sp³-hybridized carbons (Fsp3) is 0.310. The lowest BCUT2D eigenvalue weighted by Gasteiger charge is -2.25. The van der Waals surface area contributed by atoms with Crippen LogP contribution in [0.2, 0.25) is 0 Å². The SMILES string of the molecule is CCCCOc1ccc(C2C(=C(O)c3c(C)nc4ccccn34)C(=O)C(=O)N2CCCn2ccnc2)cc1. The Morgan fingerprint density at radius 1 is 1.05 bits per heavy atom. The summed E-state index contributed by atoms with van der Waals surface area (Å²) in [6.45, 7) is 5.49. The van der Waals surface area contributed by atoms with Gasteiger partial charge in [-0.05, 0) is 49.6 Å². The van der Waals surface area contributed by atoms with Gasteiger partial charge in [0.1, 0.15) is 17.1 Å². The number of amides is 1. The Morgan fingerprint density at radius 2 is 1.87 bits per heavy atom. The lowest BCUT2D eigenvalue weighted by Crippen LogP contribution is -2.31. The number of carbonyl (C=O) groups excluding carboxylic acids is 2. The lowest BCUT2D eigenvalue weighted by atomic mass is 9.96. The zero-order chi connectivity index (χ0) is 26.6. The number of aryl methyl sites for hydroxylation is 2. The van der Waals surface area contributed by atoms with Gasteiger partial charge in [0.05, 0.1) is 30.2 Å². The lowest BCUT2D eigenvalue weighted by molar-refractivity contribution is -0.139. The number of aliphatic hydroxyl groups is 1. The van der Waals surface area contributed by atoms with Crippen LogP contribution in [-0.2, 0) is 16.1 Å². The number of carbonyl (C=O) groups is 2. The summed E-state index contributed by atoms with van der Waals surface area (Å²) < 4.78 is 9.47. The Hall–Kier alpha value is -4.40. The van der Waals surface area contributed by atoms with Crippen LogP contribution in [0, 0.1) is 6.92 Å². The molecule has 0 bridgehead atoms. The topological polar surface area (TPSA) is 102 Å². The molecule has 0 aliphatic carbocycles. The van der Waals surface area contributed by atoms with E-state index < -0.39 is 17.7 Å². The highest BCUT2D eigenvalue weighted by Crippen LogP contribution is 2.40. The maximum Gasteiger partial charge on any atom is 0.295 e. The standard InChI is InChI=1S/C29H31N5O4/c1-3-4-18-38-22-11-9-21(10-12-22)26-24(27(35)25-20(2)31-23-8-5-6-15-33(23)25)28(36)29(37)34(26)16-7-14-32-17-13-30-19-32/h5-6,8-13,15,17,19,26,35H,3-4,7,14,16,18H2,1-2H3. The van der Waals surface area contributed by atoms with Crippen molar-refractivity contribution in [2.75, 3.05) is 13.2 Å². The number of aliphatic hydroxyl groups excluding tert-OH is 1. The molecule has 1 aliphatic heterocycles. The van der Waals surface area contributed by atoms with Gasteiger partial charge in [0.2, 0.25) is 0 Å². The van der Waals surface area contributed by atoms with Gasteiger partial charge >= 0.3 is 0 Å². The largest absolute Gasteiger partial charge is 0.505 e. The van der Waals surface area contributed by atoms with E-state index in [2.05, 4.69) is 16.9 Å². The molecular formula is C29H31N5O4. The molecule has 4 aromatic rings. The Kier molecular flexibility index (Phi) is 7.26. The molecule has 9 nitrogen and oxygen atoms in total. The van der Waals surface area contributed by atoms with Gasteiger partial charge in [-0.3, -0.25) is 14.0 Å². The number of ether oxygens (including phenoxy) is 1. The van der Waals surface area contributed by atoms with Gasteiger partial charge in [-0.25, -0.2) is 9.97 Å². The zero-order valence-corrected chi connectivity index (χ0v) is 21.6. The summed E-state index contributed by atoms with van der Waals surface area (Å²) >= 11 is 0. The maximum atomic E-state index is 13.4. The van der Waals surface area contributed by atoms with Gasteiger partial charge in [-0.15, -0.1) is 0 Å². The average molecular weight is 514 g/mol. The first-order chi connectivity index (χ1) is 18.5. The van der Waals surface area contributed by atoms with Crippen LogP contribution < -0.4 is 4.74 Å². The van der Waals surface area contributed by atoms with Crippen LogP contribution in [0.5, 0.6) is 5.75 Å². The molecule has 1 N–H and O–H groups in total. The van der Waals surface area contributed by atoms with Crippen molar-refractivity contribution >= 4 is 23.1 Å². The van der Waals surface area contributed by atoms with Crippen LogP contribution >= 0.6 is 0 Å². The minimum atomic E-state index is -0.740. The van der Waals surface area contributed by atoms with Crippen LogP contribution in [0.25, 0.3) is 11.4 Å². The van der Waals surface area contributed by atoms with Crippen molar-refractivity contribution in [2.45, 2.75) is 45.7 Å². The van der Waals surface area contributed by atoms with Gasteiger partial charge in [0.15, 0.2) is 5.76 Å². The minimum absolute atomic E-state index is 0.0611. The molecule has 1 aromatic carbocycles. The van der Waals surface area contributed by atoms with Gasteiger partial charge in [0.25, 0.3) is 11.7 Å². The molecule has 38 heavy (non-hydrogen) atoms. The van der Waals surface area contributed by atoms with E-state index in [1.54, 1.807) is 34.9 Å². The highest BCUT2D eigenvalue weighted by atomic mass is 16.5. The highest BCUT2D eigenvalue weighted by Gasteiger charge is 2.46. The molecule has 9 heteroatoms. The molecule has 0 saturated carbocycles. The summed E-state index contributed by atoms with van der Waals surface area (Å²) in [5.41, 5.74) is 2.40. The van der Waals surface area contributed by atoms with Gasteiger partial charge in [-0.2, -0.15) is 0 Å².